The molecule has 0 unspecified atom stereocenters. The Morgan fingerprint density at radius 3 is 2.59 bits per heavy atom. The minimum absolute atomic E-state index is 0.275. The first-order chi connectivity index (χ1) is 10.4. The smallest absolute Gasteiger partial charge is 0.193 e. The molecule has 5 nitrogen and oxygen atoms in total. The van der Waals surface area contributed by atoms with Crippen LogP contribution in [-0.2, 0) is 22.6 Å². The third-order valence-corrected chi connectivity index (χ3v) is 3.82. The zero-order valence-electron chi connectivity index (χ0n) is 13.6. The lowest BCUT2D eigenvalue weighted by Crippen LogP contribution is -2.36. The molecule has 1 aromatic rings. The minimum atomic E-state index is -1.37. The van der Waals surface area contributed by atoms with Crippen LogP contribution in [0.4, 0.5) is 0 Å². The van der Waals surface area contributed by atoms with Crippen molar-refractivity contribution in [2.75, 3.05) is 33.4 Å². The molecule has 0 aliphatic carbocycles. The first-order valence-corrected chi connectivity index (χ1v) is 7.60. The second-order valence-electron chi connectivity index (χ2n) is 6.19. The standard InChI is InChI=1S/C17H25NO4/c1-17(2,20)16(19)13-4-5-14(15(10-13)12-21-3)11-18-6-8-22-9-7-18/h4-5,10,20H,6-9,11-12H2,1-3H3. The van der Waals surface area contributed by atoms with Gasteiger partial charge in [-0.2, -0.15) is 0 Å². The van der Waals surface area contributed by atoms with Crippen LogP contribution in [0.2, 0.25) is 0 Å². The summed E-state index contributed by atoms with van der Waals surface area (Å²) in [5.74, 6) is -0.275. The lowest BCUT2D eigenvalue weighted by Gasteiger charge is -2.27. The number of ether oxygens (including phenoxy) is 2. The maximum absolute atomic E-state index is 12.2. The Kier molecular flexibility index (Phi) is 5.69. The molecule has 0 radical (unpaired) electrons. The van der Waals surface area contributed by atoms with Gasteiger partial charge in [0.1, 0.15) is 5.60 Å². The first kappa shape index (κ1) is 17.1. The van der Waals surface area contributed by atoms with Crippen molar-refractivity contribution < 1.29 is 19.4 Å². The second kappa shape index (κ2) is 7.33. The van der Waals surface area contributed by atoms with Crippen molar-refractivity contribution >= 4 is 5.78 Å². The topological polar surface area (TPSA) is 59.0 Å². The van der Waals surface area contributed by atoms with Crippen molar-refractivity contribution in [1.82, 2.24) is 4.90 Å². The zero-order chi connectivity index (χ0) is 16.2. The molecule has 0 spiro atoms. The van der Waals surface area contributed by atoms with Gasteiger partial charge in [0.05, 0.1) is 19.8 Å². The van der Waals surface area contributed by atoms with Crippen LogP contribution in [0.15, 0.2) is 18.2 Å². The lowest BCUT2D eigenvalue weighted by molar-refractivity contribution is 0.0338. The van der Waals surface area contributed by atoms with Crippen molar-refractivity contribution in [3.63, 3.8) is 0 Å². The van der Waals surface area contributed by atoms with E-state index < -0.39 is 5.60 Å². The molecular formula is C17H25NO4. The predicted molar refractivity (Wildman–Crippen MR) is 83.9 cm³/mol. The van der Waals surface area contributed by atoms with Gasteiger partial charge < -0.3 is 14.6 Å². The highest BCUT2D eigenvalue weighted by molar-refractivity contribution is 6.01. The molecule has 0 atom stereocenters. The summed E-state index contributed by atoms with van der Waals surface area (Å²) in [5.41, 5.74) is 1.29. The zero-order valence-corrected chi connectivity index (χ0v) is 13.6. The number of carbonyl (C=O) groups excluding carboxylic acids is 1. The van der Waals surface area contributed by atoms with Gasteiger partial charge in [-0.15, -0.1) is 0 Å². The van der Waals surface area contributed by atoms with E-state index in [0.717, 1.165) is 44.0 Å². The Balaban J connectivity index is 2.21. The average Bonchev–Trinajstić information content (AvgIpc) is 2.48. The third-order valence-electron chi connectivity index (χ3n) is 3.82. The van der Waals surface area contributed by atoms with E-state index in [0.29, 0.717) is 12.2 Å². The van der Waals surface area contributed by atoms with E-state index in [1.165, 1.54) is 13.8 Å². The number of hydrogen-bond acceptors (Lipinski definition) is 5. The molecule has 1 N–H and O–H groups in total. The molecule has 1 aliphatic rings. The van der Waals surface area contributed by atoms with Gasteiger partial charge in [-0.3, -0.25) is 9.69 Å². The SMILES string of the molecule is COCc1cc(C(=O)C(C)(C)O)ccc1CN1CCOCC1. The van der Waals surface area contributed by atoms with Gasteiger partial charge in [-0.1, -0.05) is 12.1 Å². The van der Waals surface area contributed by atoms with Gasteiger partial charge >= 0.3 is 0 Å². The number of methoxy groups -OCH3 is 1. The normalized spacial score (nSPS) is 16.7. The van der Waals surface area contributed by atoms with E-state index in [9.17, 15) is 9.90 Å². The lowest BCUT2D eigenvalue weighted by atomic mass is 9.94. The fourth-order valence-electron chi connectivity index (χ4n) is 2.56. The van der Waals surface area contributed by atoms with Gasteiger partial charge in [-0.05, 0) is 31.0 Å². The van der Waals surface area contributed by atoms with Crippen LogP contribution in [0.3, 0.4) is 0 Å². The van der Waals surface area contributed by atoms with Crippen LogP contribution in [0.25, 0.3) is 0 Å². The molecule has 0 aromatic heterocycles. The molecule has 0 bridgehead atoms. The fraction of sp³-hybridized carbons (Fsp3) is 0.588. The molecule has 1 fully saturated rings. The van der Waals surface area contributed by atoms with Gasteiger partial charge in [0, 0.05) is 32.3 Å². The number of ketones is 1. The van der Waals surface area contributed by atoms with E-state index in [1.54, 1.807) is 13.2 Å². The van der Waals surface area contributed by atoms with Crippen molar-refractivity contribution in [2.24, 2.45) is 0 Å². The number of hydrogen-bond donors (Lipinski definition) is 1. The molecular weight excluding hydrogens is 282 g/mol. The highest BCUT2D eigenvalue weighted by Crippen LogP contribution is 2.20. The maximum atomic E-state index is 12.2. The Morgan fingerprint density at radius 2 is 2.00 bits per heavy atom. The number of morpholine rings is 1. The number of nitrogens with zero attached hydrogens (tertiary/aromatic N) is 1. The summed E-state index contributed by atoms with van der Waals surface area (Å²) in [6, 6.07) is 5.58. The fourth-order valence-corrected chi connectivity index (χ4v) is 2.56. The highest BCUT2D eigenvalue weighted by Gasteiger charge is 2.26. The Morgan fingerprint density at radius 1 is 1.32 bits per heavy atom. The molecule has 2 rings (SSSR count). The summed E-state index contributed by atoms with van der Waals surface area (Å²) in [7, 11) is 1.64. The summed E-state index contributed by atoms with van der Waals surface area (Å²) in [6.45, 7) is 7.63. The summed E-state index contributed by atoms with van der Waals surface area (Å²) >= 11 is 0. The van der Waals surface area contributed by atoms with E-state index in [4.69, 9.17) is 9.47 Å². The van der Waals surface area contributed by atoms with E-state index in [2.05, 4.69) is 4.90 Å². The number of Topliss-reactive ketones (excluding diaryl/α,β-unsaturated/α-hetero) is 1. The number of rotatable bonds is 6. The number of benzene rings is 1. The van der Waals surface area contributed by atoms with Gasteiger partial charge in [-0.25, -0.2) is 0 Å². The maximum Gasteiger partial charge on any atom is 0.193 e. The molecule has 1 aliphatic heterocycles. The monoisotopic (exact) mass is 307 g/mol. The third kappa shape index (κ3) is 4.36. The minimum Gasteiger partial charge on any atom is -0.382 e. The van der Waals surface area contributed by atoms with Crippen LogP contribution in [0.1, 0.15) is 35.3 Å². The molecule has 0 saturated carbocycles. The number of carbonyl (C=O) groups is 1. The molecule has 0 amide bonds. The van der Waals surface area contributed by atoms with Crippen molar-refractivity contribution in [2.45, 2.75) is 32.6 Å². The molecule has 5 heteroatoms. The van der Waals surface area contributed by atoms with Crippen LogP contribution in [0, 0.1) is 0 Å². The van der Waals surface area contributed by atoms with Crippen LogP contribution < -0.4 is 0 Å². The van der Waals surface area contributed by atoms with Crippen LogP contribution in [0.5, 0.6) is 0 Å². The van der Waals surface area contributed by atoms with Crippen LogP contribution >= 0.6 is 0 Å². The Hall–Kier alpha value is -1.27. The summed E-state index contributed by atoms with van der Waals surface area (Å²) < 4.78 is 10.6. The Labute approximate surface area is 131 Å². The quantitative estimate of drug-likeness (QED) is 0.809. The van der Waals surface area contributed by atoms with Crippen molar-refractivity contribution in [3.8, 4) is 0 Å². The molecule has 22 heavy (non-hydrogen) atoms. The largest absolute Gasteiger partial charge is 0.382 e. The molecule has 122 valence electrons. The van der Waals surface area contributed by atoms with Gasteiger partial charge in [0.15, 0.2) is 5.78 Å². The first-order valence-electron chi connectivity index (χ1n) is 7.60. The van der Waals surface area contributed by atoms with Crippen molar-refractivity contribution in [1.29, 1.82) is 0 Å². The van der Waals surface area contributed by atoms with E-state index in [-0.39, 0.29) is 5.78 Å². The highest BCUT2D eigenvalue weighted by atomic mass is 16.5. The van der Waals surface area contributed by atoms with Gasteiger partial charge in [0.2, 0.25) is 0 Å². The van der Waals surface area contributed by atoms with Crippen molar-refractivity contribution in [3.05, 3.63) is 34.9 Å². The molecule has 1 saturated heterocycles. The van der Waals surface area contributed by atoms with Crippen LogP contribution in [-0.4, -0.2) is 54.8 Å². The molecule has 1 heterocycles. The van der Waals surface area contributed by atoms with Gasteiger partial charge in [0.25, 0.3) is 0 Å². The summed E-state index contributed by atoms with van der Waals surface area (Å²) in [6.07, 6.45) is 0. The average molecular weight is 307 g/mol. The van der Waals surface area contributed by atoms with E-state index in [1.807, 2.05) is 12.1 Å². The van der Waals surface area contributed by atoms with E-state index >= 15 is 0 Å². The predicted octanol–water partition coefficient (Wildman–Crippen LogP) is 1.62. The Bertz CT molecular complexity index is 516. The summed E-state index contributed by atoms with van der Waals surface area (Å²) in [5, 5.41) is 9.89. The summed E-state index contributed by atoms with van der Waals surface area (Å²) in [4.78, 5) is 14.5. The molecule has 1 aromatic carbocycles. The second-order valence-corrected chi connectivity index (χ2v) is 6.19. The number of aliphatic hydroxyl groups is 1.